The standard InChI is InChI=1S/C25H24N2O3S/c1-28-18-11-7-16(8-12-18)21-15-22-20-5-4-6-23(29-2)24(20)30-25(27(22)26-21)17-9-13-19(31-3)14-10-17/h4-14,22,25H,15H2,1-3H3/t22-,25+/m1/s1. The Balaban J connectivity index is 1.57. The number of thioether (sulfide) groups is 1. The Morgan fingerprint density at radius 2 is 1.74 bits per heavy atom. The van der Waals surface area contributed by atoms with Crippen LogP contribution in [0.4, 0.5) is 0 Å². The van der Waals surface area contributed by atoms with Crippen LogP contribution in [-0.4, -0.2) is 31.2 Å². The summed E-state index contributed by atoms with van der Waals surface area (Å²) in [4.78, 5) is 1.22. The Bertz CT molecular complexity index is 1110. The molecular weight excluding hydrogens is 408 g/mol. The SMILES string of the molecule is COc1ccc(C2=NN3[C@H](C2)c2cccc(OC)c2O[C@H]3c2ccc(SC)cc2)cc1. The fourth-order valence-corrected chi connectivity index (χ4v) is 4.60. The van der Waals surface area contributed by atoms with E-state index in [1.54, 1.807) is 26.0 Å². The Hall–Kier alpha value is -3.12. The van der Waals surface area contributed by atoms with E-state index >= 15 is 0 Å². The van der Waals surface area contributed by atoms with Crippen molar-refractivity contribution >= 4 is 17.5 Å². The molecule has 2 atom stereocenters. The molecule has 0 radical (unpaired) electrons. The first-order valence-electron chi connectivity index (χ1n) is 10.2. The van der Waals surface area contributed by atoms with Gasteiger partial charge in [-0.25, -0.2) is 5.01 Å². The molecule has 2 heterocycles. The lowest BCUT2D eigenvalue weighted by Crippen LogP contribution is -2.33. The molecule has 0 amide bonds. The summed E-state index contributed by atoms with van der Waals surface area (Å²) in [7, 11) is 3.36. The molecule has 0 aromatic heterocycles. The van der Waals surface area contributed by atoms with E-state index in [-0.39, 0.29) is 12.3 Å². The summed E-state index contributed by atoms with van der Waals surface area (Å²) < 4.78 is 17.4. The highest BCUT2D eigenvalue weighted by atomic mass is 32.2. The second-order valence-electron chi connectivity index (χ2n) is 7.50. The topological polar surface area (TPSA) is 43.3 Å². The summed E-state index contributed by atoms with van der Waals surface area (Å²) >= 11 is 1.73. The van der Waals surface area contributed by atoms with Crippen LogP contribution in [-0.2, 0) is 0 Å². The molecule has 0 bridgehead atoms. The van der Waals surface area contributed by atoms with Gasteiger partial charge in [0.05, 0.1) is 26.0 Å². The van der Waals surface area contributed by atoms with Crippen LogP contribution in [0.5, 0.6) is 17.2 Å². The first-order valence-corrected chi connectivity index (χ1v) is 11.4. The van der Waals surface area contributed by atoms with E-state index in [2.05, 4.69) is 53.7 Å². The lowest BCUT2D eigenvalue weighted by Gasteiger charge is -2.38. The van der Waals surface area contributed by atoms with Crippen molar-refractivity contribution < 1.29 is 14.2 Å². The minimum absolute atomic E-state index is 0.0844. The van der Waals surface area contributed by atoms with Crippen LogP contribution in [0, 0.1) is 0 Å². The van der Waals surface area contributed by atoms with Crippen molar-refractivity contribution in [1.82, 2.24) is 5.01 Å². The predicted octanol–water partition coefficient (Wildman–Crippen LogP) is 5.67. The van der Waals surface area contributed by atoms with Crippen molar-refractivity contribution in [2.24, 2.45) is 5.10 Å². The Morgan fingerprint density at radius 3 is 2.42 bits per heavy atom. The van der Waals surface area contributed by atoms with E-state index in [4.69, 9.17) is 19.3 Å². The summed E-state index contributed by atoms with van der Waals surface area (Å²) in [5.41, 5.74) is 4.30. The maximum absolute atomic E-state index is 6.52. The first kappa shape index (κ1) is 19.8. The lowest BCUT2D eigenvalue weighted by atomic mass is 9.95. The Morgan fingerprint density at radius 1 is 0.968 bits per heavy atom. The van der Waals surface area contributed by atoms with Crippen molar-refractivity contribution in [3.05, 3.63) is 83.4 Å². The van der Waals surface area contributed by atoms with Gasteiger partial charge in [-0.3, -0.25) is 0 Å². The highest BCUT2D eigenvalue weighted by Crippen LogP contribution is 2.50. The van der Waals surface area contributed by atoms with Crippen molar-refractivity contribution in [1.29, 1.82) is 0 Å². The van der Waals surface area contributed by atoms with Gasteiger partial charge in [-0.1, -0.05) is 24.3 Å². The number of hydrazone groups is 1. The van der Waals surface area contributed by atoms with Crippen molar-refractivity contribution in [2.45, 2.75) is 23.6 Å². The van der Waals surface area contributed by atoms with Gasteiger partial charge in [0.2, 0.25) is 6.23 Å². The Kier molecular flexibility index (Phi) is 5.24. The third kappa shape index (κ3) is 3.51. The molecule has 0 spiro atoms. The summed E-state index contributed by atoms with van der Waals surface area (Å²) in [6.07, 6.45) is 2.56. The molecule has 0 N–H and O–H groups in total. The molecule has 3 aromatic rings. The highest BCUT2D eigenvalue weighted by molar-refractivity contribution is 7.98. The van der Waals surface area contributed by atoms with Gasteiger partial charge in [-0.05, 0) is 54.3 Å². The van der Waals surface area contributed by atoms with Gasteiger partial charge in [-0.15, -0.1) is 11.8 Å². The number of methoxy groups -OCH3 is 2. The summed E-state index contributed by atoms with van der Waals surface area (Å²) in [6.45, 7) is 0. The first-order chi connectivity index (χ1) is 15.2. The zero-order valence-electron chi connectivity index (χ0n) is 17.7. The molecular formula is C25H24N2O3S. The molecule has 31 heavy (non-hydrogen) atoms. The monoisotopic (exact) mass is 432 g/mol. The fourth-order valence-electron chi connectivity index (χ4n) is 4.19. The number of ether oxygens (including phenoxy) is 3. The van der Waals surface area contributed by atoms with Crippen LogP contribution < -0.4 is 14.2 Å². The summed E-state index contributed by atoms with van der Waals surface area (Å²) in [5, 5.41) is 7.12. The fraction of sp³-hybridized carbons (Fsp3) is 0.240. The van der Waals surface area contributed by atoms with Crippen LogP contribution in [0.25, 0.3) is 0 Å². The second kappa shape index (κ2) is 8.19. The van der Waals surface area contributed by atoms with Crippen LogP contribution in [0.2, 0.25) is 0 Å². The van der Waals surface area contributed by atoms with Crippen molar-refractivity contribution in [3.8, 4) is 17.2 Å². The van der Waals surface area contributed by atoms with Crippen LogP contribution in [0.3, 0.4) is 0 Å². The van der Waals surface area contributed by atoms with Gasteiger partial charge in [0.15, 0.2) is 11.5 Å². The molecule has 5 nitrogen and oxygen atoms in total. The maximum Gasteiger partial charge on any atom is 0.214 e. The number of fused-ring (bicyclic) bond motifs is 3. The molecule has 0 saturated heterocycles. The van der Waals surface area contributed by atoms with Crippen LogP contribution >= 0.6 is 11.8 Å². The van der Waals surface area contributed by atoms with Crippen LogP contribution in [0.15, 0.2) is 76.7 Å². The van der Waals surface area contributed by atoms with E-state index in [0.29, 0.717) is 0 Å². The summed E-state index contributed by atoms with van der Waals surface area (Å²) in [6, 6.07) is 22.7. The lowest BCUT2D eigenvalue weighted by molar-refractivity contribution is -0.0209. The quantitative estimate of drug-likeness (QED) is 0.486. The van der Waals surface area contributed by atoms with E-state index in [9.17, 15) is 0 Å². The number of rotatable bonds is 5. The minimum atomic E-state index is -0.319. The van der Waals surface area contributed by atoms with Crippen molar-refractivity contribution in [2.75, 3.05) is 20.5 Å². The largest absolute Gasteiger partial charge is 0.497 e. The van der Waals surface area contributed by atoms with Gasteiger partial charge in [0.1, 0.15) is 5.75 Å². The van der Waals surface area contributed by atoms with Crippen molar-refractivity contribution in [3.63, 3.8) is 0 Å². The molecule has 6 heteroatoms. The Labute approximate surface area is 186 Å². The molecule has 2 aliphatic heterocycles. The highest BCUT2D eigenvalue weighted by Gasteiger charge is 2.42. The van der Waals surface area contributed by atoms with Gasteiger partial charge < -0.3 is 14.2 Å². The van der Waals surface area contributed by atoms with E-state index < -0.39 is 0 Å². The molecule has 0 aliphatic carbocycles. The number of nitrogens with zero attached hydrogens (tertiary/aromatic N) is 2. The number of hydrogen-bond acceptors (Lipinski definition) is 6. The van der Waals surface area contributed by atoms with Gasteiger partial charge >= 0.3 is 0 Å². The number of hydrogen-bond donors (Lipinski definition) is 0. The smallest absolute Gasteiger partial charge is 0.214 e. The molecule has 0 saturated carbocycles. The van der Waals surface area contributed by atoms with E-state index in [1.807, 2.05) is 24.3 Å². The number of para-hydroxylation sites is 1. The van der Waals surface area contributed by atoms with Gasteiger partial charge in [0, 0.05) is 22.4 Å². The molecule has 3 aromatic carbocycles. The average molecular weight is 433 g/mol. The molecule has 2 aliphatic rings. The normalized spacial score (nSPS) is 19.2. The molecule has 0 unspecified atom stereocenters. The third-order valence-electron chi connectivity index (χ3n) is 5.82. The van der Waals surface area contributed by atoms with E-state index in [0.717, 1.165) is 46.1 Å². The average Bonchev–Trinajstić information content (AvgIpc) is 3.29. The summed E-state index contributed by atoms with van der Waals surface area (Å²) in [5.74, 6) is 2.39. The maximum atomic E-state index is 6.52. The van der Waals surface area contributed by atoms with Crippen LogP contribution in [0.1, 0.15) is 35.4 Å². The number of benzene rings is 3. The zero-order chi connectivity index (χ0) is 21.4. The minimum Gasteiger partial charge on any atom is -0.497 e. The molecule has 0 fully saturated rings. The van der Waals surface area contributed by atoms with E-state index in [1.165, 1.54) is 4.90 Å². The predicted molar refractivity (Wildman–Crippen MR) is 123 cm³/mol. The third-order valence-corrected chi connectivity index (χ3v) is 6.57. The molecule has 5 rings (SSSR count). The second-order valence-corrected chi connectivity index (χ2v) is 8.38. The van der Waals surface area contributed by atoms with Gasteiger partial charge in [-0.2, -0.15) is 5.10 Å². The zero-order valence-corrected chi connectivity index (χ0v) is 18.6. The van der Waals surface area contributed by atoms with Gasteiger partial charge in [0.25, 0.3) is 0 Å². The molecule has 158 valence electrons.